The molecule has 3 aliphatic heterocycles. The third-order valence-corrected chi connectivity index (χ3v) is 12.2. The van der Waals surface area contributed by atoms with Crippen molar-refractivity contribution in [3.8, 4) is 0 Å². The number of likely N-dealkylation sites (tertiary alicyclic amines) is 2. The predicted octanol–water partition coefficient (Wildman–Crippen LogP) is -2.26. The summed E-state index contributed by atoms with van der Waals surface area (Å²) in [5.74, 6) is -8.78. The first-order valence-corrected chi connectivity index (χ1v) is 22.8. The minimum absolute atomic E-state index is 0.0560. The number of aliphatic hydroxyl groups is 1. The van der Waals surface area contributed by atoms with Crippen molar-refractivity contribution in [2.45, 2.75) is 174 Å². The number of aliphatic carboxylic acids is 1. The van der Waals surface area contributed by atoms with Gasteiger partial charge in [-0.2, -0.15) is 0 Å². The zero-order valence-electron chi connectivity index (χ0n) is 38.9. The number of carbonyl (C=O) groups is 10. The number of nitrogens with two attached hydrogens (primary N) is 1. The largest absolute Gasteiger partial charge is 0.480 e. The van der Waals surface area contributed by atoms with Crippen molar-refractivity contribution in [2.24, 2.45) is 23.5 Å². The van der Waals surface area contributed by atoms with Gasteiger partial charge >= 0.3 is 5.97 Å². The van der Waals surface area contributed by atoms with Crippen molar-refractivity contribution < 1.29 is 58.2 Å². The quantitative estimate of drug-likeness (QED) is 0.0518. The fraction of sp³-hybridized carbons (Fsp3) is 0.767. The van der Waals surface area contributed by atoms with E-state index in [9.17, 15) is 58.2 Å². The Morgan fingerprint density at radius 3 is 1.68 bits per heavy atom. The van der Waals surface area contributed by atoms with Crippen LogP contribution in [0.3, 0.4) is 0 Å². The van der Waals surface area contributed by atoms with E-state index >= 15 is 0 Å². The van der Waals surface area contributed by atoms with Crippen LogP contribution < -0.4 is 43.0 Å². The minimum Gasteiger partial charge on any atom is -0.480 e. The number of hydrogen-bond acceptors (Lipinski definition) is 12. The van der Waals surface area contributed by atoms with Crippen molar-refractivity contribution in [1.29, 1.82) is 0 Å². The Morgan fingerprint density at radius 2 is 1.20 bits per heavy atom. The lowest BCUT2D eigenvalue weighted by Gasteiger charge is -2.34. The number of nitrogens with one attached hydrogen (secondary N) is 7. The number of carboxylic acid groups (broad SMARTS) is 1. The first-order chi connectivity index (χ1) is 30.5. The molecule has 3 fully saturated rings. The molecule has 3 rings (SSSR count). The predicted molar refractivity (Wildman–Crippen MR) is 235 cm³/mol. The Balaban J connectivity index is 1.75. The summed E-state index contributed by atoms with van der Waals surface area (Å²) in [6.07, 6.45) is 1.49. The smallest absolute Gasteiger partial charge is 0.325 e. The van der Waals surface area contributed by atoms with Gasteiger partial charge in [-0.3, -0.25) is 47.9 Å². The summed E-state index contributed by atoms with van der Waals surface area (Å²) in [6.45, 7) is 14.1. The number of primary amides is 1. The van der Waals surface area contributed by atoms with Gasteiger partial charge < -0.3 is 63.0 Å². The van der Waals surface area contributed by atoms with Gasteiger partial charge in [0.25, 0.3) is 0 Å². The fourth-order valence-electron chi connectivity index (χ4n) is 8.27. The first-order valence-electron chi connectivity index (χ1n) is 22.8. The Morgan fingerprint density at radius 1 is 0.646 bits per heavy atom. The molecule has 3 aliphatic rings. The van der Waals surface area contributed by atoms with Gasteiger partial charge in [0, 0.05) is 13.1 Å². The monoisotopic (exact) mass is 921 g/mol. The van der Waals surface area contributed by atoms with Crippen LogP contribution in [0.15, 0.2) is 0 Å². The Bertz CT molecular complexity index is 1750. The van der Waals surface area contributed by atoms with Crippen LogP contribution in [-0.2, 0) is 47.9 Å². The summed E-state index contributed by atoms with van der Waals surface area (Å²) in [6, 6.07) is -10.3. The second kappa shape index (κ2) is 24.8. The highest BCUT2D eigenvalue weighted by Gasteiger charge is 2.44. The number of hydrogen-bond donors (Lipinski definition) is 10. The van der Waals surface area contributed by atoms with E-state index in [1.165, 1.54) is 23.6 Å². The molecule has 0 aliphatic carbocycles. The zero-order chi connectivity index (χ0) is 48.9. The summed E-state index contributed by atoms with van der Waals surface area (Å²) >= 11 is 0. The van der Waals surface area contributed by atoms with Crippen molar-refractivity contribution in [2.75, 3.05) is 19.6 Å². The first kappa shape index (κ1) is 54.0. The van der Waals surface area contributed by atoms with Crippen LogP contribution in [0, 0.1) is 17.8 Å². The molecule has 0 radical (unpaired) electrons. The second-order valence-electron chi connectivity index (χ2n) is 18.3. The molecular formula is C43H72N10O12. The average Bonchev–Trinajstić information content (AvgIpc) is 4.05. The molecule has 0 saturated carbocycles. The molecule has 0 aromatic carbocycles. The number of carbonyl (C=O) groups excluding carboxylic acids is 9. The highest BCUT2D eigenvalue weighted by atomic mass is 16.4. The lowest BCUT2D eigenvalue weighted by atomic mass is 9.96. The lowest BCUT2D eigenvalue weighted by Crippen LogP contribution is -2.62. The van der Waals surface area contributed by atoms with E-state index in [0.717, 1.165) is 6.42 Å². The van der Waals surface area contributed by atoms with Gasteiger partial charge in [0.2, 0.25) is 53.2 Å². The van der Waals surface area contributed by atoms with Gasteiger partial charge in [-0.25, -0.2) is 0 Å². The SMILES string of the molecule is CCC(C)C(NC(=O)C1CCCN1C(=O)C(CC(C)C)NC(=O)C1CCCN1)C(=O)NC(C(=O)N1CCCC1C(=O)NC(C(=O)NC(CC(N)=O)C(=O)NC(C)C(=O)O)C(C)C)C(C)O. The number of nitrogens with zero attached hydrogens (tertiary/aromatic N) is 2. The minimum atomic E-state index is -1.57. The normalized spacial score (nSPS) is 22.1. The van der Waals surface area contributed by atoms with Crippen LogP contribution in [0.5, 0.6) is 0 Å². The molecule has 3 heterocycles. The van der Waals surface area contributed by atoms with Crippen molar-refractivity contribution in [1.82, 2.24) is 47.0 Å². The van der Waals surface area contributed by atoms with E-state index in [-0.39, 0.29) is 37.2 Å². The third-order valence-electron chi connectivity index (χ3n) is 12.2. The molecule has 9 amide bonds. The maximum atomic E-state index is 14.2. The van der Waals surface area contributed by atoms with Crippen LogP contribution in [0.25, 0.3) is 0 Å². The van der Waals surface area contributed by atoms with E-state index < -0.39 is 126 Å². The number of amides is 9. The van der Waals surface area contributed by atoms with Crippen LogP contribution >= 0.6 is 0 Å². The van der Waals surface area contributed by atoms with Gasteiger partial charge in [-0.05, 0) is 83.1 Å². The summed E-state index contributed by atoms with van der Waals surface area (Å²) in [7, 11) is 0. The zero-order valence-corrected chi connectivity index (χ0v) is 38.9. The Labute approximate surface area is 380 Å². The Kier molecular flexibility index (Phi) is 20.6. The molecule has 65 heavy (non-hydrogen) atoms. The number of carboxylic acids is 1. The summed E-state index contributed by atoms with van der Waals surface area (Å²) in [5.41, 5.74) is 5.28. The lowest BCUT2D eigenvalue weighted by molar-refractivity contribution is -0.145. The highest BCUT2D eigenvalue weighted by Crippen LogP contribution is 2.23. The molecule has 22 nitrogen and oxygen atoms in total. The van der Waals surface area contributed by atoms with Crippen LogP contribution in [0.2, 0.25) is 0 Å². The number of rotatable bonds is 23. The number of aliphatic hydroxyl groups excluding tert-OH is 1. The van der Waals surface area contributed by atoms with Gasteiger partial charge in [0.05, 0.1) is 18.6 Å². The van der Waals surface area contributed by atoms with Crippen LogP contribution in [-0.4, -0.2) is 159 Å². The topological polar surface area (TPSA) is 328 Å². The summed E-state index contributed by atoms with van der Waals surface area (Å²) in [4.78, 5) is 135. The molecule has 0 aromatic rings. The van der Waals surface area contributed by atoms with Gasteiger partial charge in [-0.15, -0.1) is 0 Å². The molecule has 11 unspecified atom stereocenters. The molecule has 0 aromatic heterocycles. The molecular weight excluding hydrogens is 849 g/mol. The van der Waals surface area contributed by atoms with Crippen LogP contribution in [0.1, 0.15) is 113 Å². The molecule has 0 spiro atoms. The van der Waals surface area contributed by atoms with E-state index in [1.54, 1.807) is 20.8 Å². The van der Waals surface area contributed by atoms with E-state index in [0.29, 0.717) is 45.1 Å². The summed E-state index contributed by atoms with van der Waals surface area (Å²) < 4.78 is 0. The van der Waals surface area contributed by atoms with Crippen molar-refractivity contribution in [3.05, 3.63) is 0 Å². The standard InChI is InChI=1S/C43H72N10O12/c1-9-23(6)33(50-38(59)29-14-11-17-52(29)41(62)28(19-21(2)3)48-35(56)26-13-10-16-45-26)40(61)51-34(25(8)54)42(63)53-18-12-15-30(53)37(58)49-32(22(4)5)39(60)47-27(20-31(44)55)36(57)46-24(7)43(64)65/h21-30,32-34,45,54H,9-20H2,1-8H3,(H2,44,55)(H,46,57)(H,47,60)(H,48,56)(H,49,58)(H,50,59)(H,51,61)(H,64,65). The Hall–Kier alpha value is -5.38. The van der Waals surface area contributed by atoms with Gasteiger partial charge in [0.15, 0.2) is 0 Å². The fourth-order valence-corrected chi connectivity index (χ4v) is 8.27. The van der Waals surface area contributed by atoms with Crippen LogP contribution in [0.4, 0.5) is 0 Å². The van der Waals surface area contributed by atoms with E-state index in [2.05, 4.69) is 37.2 Å². The van der Waals surface area contributed by atoms with E-state index in [4.69, 9.17) is 5.73 Å². The summed E-state index contributed by atoms with van der Waals surface area (Å²) in [5, 5.41) is 38.6. The maximum Gasteiger partial charge on any atom is 0.325 e. The van der Waals surface area contributed by atoms with Crippen molar-refractivity contribution in [3.63, 3.8) is 0 Å². The highest BCUT2D eigenvalue weighted by molar-refractivity contribution is 5.99. The molecule has 0 bridgehead atoms. The van der Waals surface area contributed by atoms with Crippen molar-refractivity contribution >= 4 is 59.1 Å². The molecule has 366 valence electrons. The average molecular weight is 921 g/mol. The van der Waals surface area contributed by atoms with Gasteiger partial charge in [0.1, 0.15) is 48.3 Å². The maximum absolute atomic E-state index is 14.2. The molecule has 11 atom stereocenters. The molecule has 3 saturated heterocycles. The second-order valence-corrected chi connectivity index (χ2v) is 18.3. The molecule has 22 heteroatoms. The molecule has 11 N–H and O–H groups in total. The van der Waals surface area contributed by atoms with E-state index in [1.807, 2.05) is 20.8 Å². The van der Waals surface area contributed by atoms with Gasteiger partial charge in [-0.1, -0.05) is 48.0 Å². The third kappa shape index (κ3) is 15.1.